The van der Waals surface area contributed by atoms with Gasteiger partial charge >= 0.3 is 0 Å². The van der Waals surface area contributed by atoms with Gasteiger partial charge in [0.2, 0.25) is 11.8 Å². The van der Waals surface area contributed by atoms with Crippen LogP contribution in [0.3, 0.4) is 0 Å². The third-order valence-electron chi connectivity index (χ3n) is 5.51. The molecule has 0 saturated carbocycles. The minimum atomic E-state index is -0.0558. The minimum absolute atomic E-state index is 0.0558. The van der Waals surface area contributed by atoms with Crippen LogP contribution in [0.25, 0.3) is 0 Å². The van der Waals surface area contributed by atoms with Crippen molar-refractivity contribution in [2.45, 2.75) is 38.6 Å². The molecular formula is C20H29N3O3. The van der Waals surface area contributed by atoms with Crippen LogP contribution in [0.1, 0.15) is 32.6 Å². The molecule has 142 valence electrons. The highest BCUT2D eigenvalue weighted by atomic mass is 16.5. The first-order chi connectivity index (χ1) is 12.6. The van der Waals surface area contributed by atoms with Crippen molar-refractivity contribution >= 4 is 17.5 Å². The van der Waals surface area contributed by atoms with Crippen molar-refractivity contribution in [3.63, 3.8) is 0 Å². The number of piperazine rings is 1. The highest BCUT2D eigenvalue weighted by molar-refractivity contribution is 5.99. The molecule has 0 spiro atoms. The van der Waals surface area contributed by atoms with Crippen molar-refractivity contribution in [3.05, 3.63) is 24.3 Å². The van der Waals surface area contributed by atoms with Crippen molar-refractivity contribution in [3.8, 4) is 5.75 Å². The third kappa shape index (κ3) is 4.01. The molecule has 2 fully saturated rings. The molecule has 0 radical (unpaired) electrons. The van der Waals surface area contributed by atoms with Crippen LogP contribution in [0.2, 0.25) is 0 Å². The Morgan fingerprint density at radius 1 is 1.19 bits per heavy atom. The number of rotatable bonds is 5. The summed E-state index contributed by atoms with van der Waals surface area (Å²) in [7, 11) is 1.60. The van der Waals surface area contributed by atoms with Gasteiger partial charge in [-0.3, -0.25) is 14.5 Å². The molecule has 2 heterocycles. The number of amides is 2. The molecule has 0 aliphatic carbocycles. The second kappa shape index (κ2) is 8.54. The normalized spacial score (nSPS) is 21.8. The number of piperidine rings is 1. The number of anilines is 1. The highest BCUT2D eigenvalue weighted by Crippen LogP contribution is 2.29. The number of benzene rings is 1. The number of nitrogens with zero attached hydrogens (tertiary/aromatic N) is 3. The van der Waals surface area contributed by atoms with E-state index in [1.807, 2.05) is 24.3 Å². The molecule has 6 nitrogen and oxygen atoms in total. The first kappa shape index (κ1) is 18.7. The lowest BCUT2D eigenvalue weighted by molar-refractivity contribution is -0.138. The SMILES string of the molecule is CC[C@H]1CCCCN1CC(=O)N1CCN(c2ccccc2OC)C(=O)C1. The first-order valence-electron chi connectivity index (χ1n) is 9.59. The van der Waals surface area contributed by atoms with E-state index in [2.05, 4.69) is 11.8 Å². The van der Waals surface area contributed by atoms with Crippen LogP contribution in [0.15, 0.2) is 24.3 Å². The molecule has 0 N–H and O–H groups in total. The van der Waals surface area contributed by atoms with Crippen LogP contribution in [-0.4, -0.2) is 67.5 Å². The summed E-state index contributed by atoms with van der Waals surface area (Å²) in [5.74, 6) is 0.692. The van der Waals surface area contributed by atoms with Gasteiger partial charge in [0.15, 0.2) is 0 Å². The first-order valence-corrected chi connectivity index (χ1v) is 9.59. The van der Waals surface area contributed by atoms with Crippen LogP contribution in [-0.2, 0) is 9.59 Å². The number of ether oxygens (including phenoxy) is 1. The summed E-state index contributed by atoms with van der Waals surface area (Å²) in [6, 6.07) is 8.01. The molecule has 26 heavy (non-hydrogen) atoms. The summed E-state index contributed by atoms with van der Waals surface area (Å²) < 4.78 is 5.36. The molecular weight excluding hydrogens is 330 g/mol. The molecule has 0 unspecified atom stereocenters. The summed E-state index contributed by atoms with van der Waals surface area (Å²) in [5.41, 5.74) is 0.772. The molecule has 2 aliphatic rings. The van der Waals surface area contributed by atoms with Crippen molar-refractivity contribution in [2.24, 2.45) is 0 Å². The molecule has 2 aliphatic heterocycles. The average Bonchev–Trinajstić information content (AvgIpc) is 2.68. The summed E-state index contributed by atoms with van der Waals surface area (Å²) >= 11 is 0. The predicted molar refractivity (Wildman–Crippen MR) is 101 cm³/mol. The predicted octanol–water partition coefficient (Wildman–Crippen LogP) is 2.13. The molecule has 1 atom stereocenters. The number of para-hydroxylation sites is 2. The van der Waals surface area contributed by atoms with Gasteiger partial charge in [0, 0.05) is 19.1 Å². The van der Waals surface area contributed by atoms with Crippen molar-refractivity contribution in [1.82, 2.24) is 9.80 Å². The Bertz CT molecular complexity index is 649. The Morgan fingerprint density at radius 3 is 2.73 bits per heavy atom. The summed E-state index contributed by atoms with van der Waals surface area (Å²) in [5, 5.41) is 0. The van der Waals surface area contributed by atoms with E-state index in [0.717, 1.165) is 25.1 Å². The van der Waals surface area contributed by atoms with Gasteiger partial charge in [-0.25, -0.2) is 0 Å². The minimum Gasteiger partial charge on any atom is -0.495 e. The number of carbonyl (C=O) groups is 2. The molecule has 1 aromatic rings. The second-order valence-electron chi connectivity index (χ2n) is 7.06. The Balaban J connectivity index is 1.61. The zero-order valence-electron chi connectivity index (χ0n) is 15.8. The molecule has 1 aromatic carbocycles. The summed E-state index contributed by atoms with van der Waals surface area (Å²) in [4.78, 5) is 31.1. The number of hydrogen-bond acceptors (Lipinski definition) is 4. The molecule has 2 saturated heterocycles. The van der Waals surface area contributed by atoms with Gasteiger partial charge in [-0.1, -0.05) is 25.5 Å². The van der Waals surface area contributed by atoms with Crippen LogP contribution in [0.4, 0.5) is 5.69 Å². The molecule has 6 heteroatoms. The standard InChI is InChI=1S/C20H29N3O3/c1-3-16-8-6-7-11-21(16)14-19(24)22-12-13-23(20(25)15-22)17-9-4-5-10-18(17)26-2/h4-5,9-10,16H,3,6-8,11-15H2,1-2H3/t16-/m0/s1. The monoisotopic (exact) mass is 359 g/mol. The lowest BCUT2D eigenvalue weighted by Crippen LogP contribution is -2.55. The number of hydrogen-bond donors (Lipinski definition) is 0. The van der Waals surface area contributed by atoms with Gasteiger partial charge in [-0.15, -0.1) is 0 Å². The maximum Gasteiger partial charge on any atom is 0.246 e. The van der Waals surface area contributed by atoms with Gasteiger partial charge in [0.25, 0.3) is 0 Å². The van der Waals surface area contributed by atoms with Gasteiger partial charge in [0.05, 0.1) is 19.3 Å². The van der Waals surface area contributed by atoms with Gasteiger partial charge in [-0.05, 0) is 37.9 Å². The van der Waals surface area contributed by atoms with E-state index < -0.39 is 0 Å². The van der Waals surface area contributed by atoms with E-state index >= 15 is 0 Å². The molecule has 0 bridgehead atoms. The largest absolute Gasteiger partial charge is 0.495 e. The molecule has 2 amide bonds. The number of likely N-dealkylation sites (tertiary alicyclic amines) is 1. The van der Waals surface area contributed by atoms with Crippen LogP contribution >= 0.6 is 0 Å². The maximum atomic E-state index is 12.7. The summed E-state index contributed by atoms with van der Waals surface area (Å²) in [6.45, 7) is 4.81. The topological polar surface area (TPSA) is 53.1 Å². The zero-order chi connectivity index (χ0) is 18.5. The molecule has 3 rings (SSSR count). The van der Waals surface area contributed by atoms with Crippen LogP contribution in [0.5, 0.6) is 5.75 Å². The lowest BCUT2D eigenvalue weighted by Gasteiger charge is -2.38. The fraction of sp³-hybridized carbons (Fsp3) is 0.600. The average molecular weight is 359 g/mol. The summed E-state index contributed by atoms with van der Waals surface area (Å²) in [6.07, 6.45) is 4.65. The van der Waals surface area contributed by atoms with Crippen LogP contribution < -0.4 is 9.64 Å². The van der Waals surface area contributed by atoms with Gasteiger partial charge in [0.1, 0.15) is 12.3 Å². The van der Waals surface area contributed by atoms with E-state index in [9.17, 15) is 9.59 Å². The quantitative estimate of drug-likeness (QED) is 0.808. The Hall–Kier alpha value is -2.08. The van der Waals surface area contributed by atoms with E-state index in [1.54, 1.807) is 16.9 Å². The van der Waals surface area contributed by atoms with E-state index in [0.29, 0.717) is 31.4 Å². The Kier molecular flexibility index (Phi) is 6.14. The smallest absolute Gasteiger partial charge is 0.246 e. The fourth-order valence-corrected chi connectivity index (χ4v) is 4.00. The van der Waals surface area contributed by atoms with Crippen molar-refractivity contribution < 1.29 is 14.3 Å². The number of methoxy groups -OCH3 is 1. The van der Waals surface area contributed by atoms with Crippen LogP contribution in [0, 0.1) is 0 Å². The van der Waals surface area contributed by atoms with Gasteiger partial charge in [-0.2, -0.15) is 0 Å². The van der Waals surface area contributed by atoms with E-state index in [4.69, 9.17) is 4.74 Å². The van der Waals surface area contributed by atoms with E-state index in [-0.39, 0.29) is 18.4 Å². The molecule has 0 aromatic heterocycles. The Labute approximate surface area is 155 Å². The zero-order valence-corrected chi connectivity index (χ0v) is 15.8. The second-order valence-corrected chi connectivity index (χ2v) is 7.06. The Morgan fingerprint density at radius 2 is 2.00 bits per heavy atom. The van der Waals surface area contributed by atoms with E-state index in [1.165, 1.54) is 12.8 Å². The third-order valence-corrected chi connectivity index (χ3v) is 5.51. The highest BCUT2D eigenvalue weighted by Gasteiger charge is 2.31. The van der Waals surface area contributed by atoms with Crippen molar-refractivity contribution in [1.29, 1.82) is 0 Å². The lowest BCUT2D eigenvalue weighted by atomic mass is 10.00. The van der Waals surface area contributed by atoms with Gasteiger partial charge < -0.3 is 14.5 Å². The van der Waals surface area contributed by atoms with Crippen molar-refractivity contribution in [2.75, 3.05) is 44.7 Å². The maximum absolute atomic E-state index is 12.7. The number of carbonyl (C=O) groups excluding carboxylic acids is 2. The fourth-order valence-electron chi connectivity index (χ4n) is 4.00.